The van der Waals surface area contributed by atoms with Gasteiger partial charge in [-0.15, -0.1) is 0 Å². The largest absolute Gasteiger partial charge is 0.310 e. The van der Waals surface area contributed by atoms with Gasteiger partial charge in [-0.05, 0) is 32.9 Å². The van der Waals surface area contributed by atoms with E-state index < -0.39 is 0 Å². The lowest BCUT2D eigenvalue weighted by atomic mass is 9.92. The van der Waals surface area contributed by atoms with Crippen molar-refractivity contribution in [2.75, 3.05) is 31.6 Å². The fourth-order valence-corrected chi connectivity index (χ4v) is 4.35. The molecule has 4 nitrogen and oxygen atoms in total. The van der Waals surface area contributed by atoms with Crippen molar-refractivity contribution in [3.63, 3.8) is 0 Å². The smallest absolute Gasteiger partial charge is 0.146 e. The second-order valence-corrected chi connectivity index (χ2v) is 6.85. The van der Waals surface area contributed by atoms with Crippen LogP contribution >= 0.6 is 11.8 Å². The van der Waals surface area contributed by atoms with Crippen molar-refractivity contribution < 1.29 is 0 Å². The lowest BCUT2D eigenvalue weighted by molar-refractivity contribution is 0.263. The molecule has 2 heterocycles. The van der Waals surface area contributed by atoms with E-state index in [1.807, 2.05) is 11.8 Å². The molecule has 0 amide bonds. The van der Waals surface area contributed by atoms with Gasteiger partial charge in [0.05, 0.1) is 6.04 Å². The van der Waals surface area contributed by atoms with Crippen molar-refractivity contribution in [1.82, 2.24) is 20.2 Å². The highest BCUT2D eigenvalue weighted by atomic mass is 32.2. The fraction of sp³-hybridized carbons (Fsp3) is 0.733. The second kappa shape index (κ2) is 6.41. The second-order valence-electron chi connectivity index (χ2n) is 5.70. The van der Waals surface area contributed by atoms with E-state index in [4.69, 9.17) is 9.97 Å². The topological polar surface area (TPSA) is 41.1 Å². The monoisotopic (exact) mass is 292 g/mol. The third-order valence-corrected chi connectivity index (χ3v) is 5.37. The molecule has 0 radical (unpaired) electrons. The van der Waals surface area contributed by atoms with Crippen LogP contribution in [0.5, 0.6) is 0 Å². The van der Waals surface area contributed by atoms with E-state index in [-0.39, 0.29) is 0 Å². The molecule has 110 valence electrons. The number of nitrogens with one attached hydrogen (secondary N) is 1. The molecular formula is C15H24N4S. The van der Waals surface area contributed by atoms with Gasteiger partial charge in [0.1, 0.15) is 5.82 Å². The molecule has 2 atom stereocenters. The van der Waals surface area contributed by atoms with Crippen molar-refractivity contribution >= 4 is 11.8 Å². The van der Waals surface area contributed by atoms with Gasteiger partial charge in [-0.2, -0.15) is 11.8 Å². The normalized spacial score (nSPS) is 27.3. The Balaban J connectivity index is 1.85. The minimum Gasteiger partial charge on any atom is -0.310 e. The Hall–Kier alpha value is -0.650. The average molecular weight is 292 g/mol. The molecule has 0 aromatic carbocycles. The first-order valence-electron chi connectivity index (χ1n) is 7.66. The van der Waals surface area contributed by atoms with Gasteiger partial charge < -0.3 is 5.32 Å². The van der Waals surface area contributed by atoms with Crippen LogP contribution in [-0.4, -0.2) is 46.5 Å². The van der Waals surface area contributed by atoms with Gasteiger partial charge in [0.25, 0.3) is 0 Å². The third-order valence-electron chi connectivity index (χ3n) is 4.35. The van der Waals surface area contributed by atoms with Crippen molar-refractivity contribution in [2.45, 2.75) is 38.3 Å². The summed E-state index contributed by atoms with van der Waals surface area (Å²) < 4.78 is 0. The van der Waals surface area contributed by atoms with Crippen LogP contribution in [0.3, 0.4) is 0 Å². The van der Waals surface area contributed by atoms with Crippen molar-refractivity contribution in [2.24, 2.45) is 0 Å². The van der Waals surface area contributed by atoms with E-state index in [1.54, 1.807) is 0 Å². The molecule has 1 aliphatic carbocycles. The summed E-state index contributed by atoms with van der Waals surface area (Å²) >= 11 is 2.01. The van der Waals surface area contributed by atoms with E-state index in [1.165, 1.54) is 29.9 Å². The maximum absolute atomic E-state index is 4.91. The third kappa shape index (κ3) is 2.85. The van der Waals surface area contributed by atoms with Gasteiger partial charge in [-0.3, -0.25) is 4.90 Å². The summed E-state index contributed by atoms with van der Waals surface area (Å²) in [7, 11) is 2.19. The number of nitrogens with zero attached hydrogens (tertiary/aromatic N) is 3. The number of aryl methyl sites for hydroxylation is 1. The molecule has 0 spiro atoms. The van der Waals surface area contributed by atoms with Gasteiger partial charge in [-0.1, -0.05) is 6.92 Å². The molecule has 0 bridgehead atoms. The molecule has 1 N–H and O–H groups in total. The zero-order valence-corrected chi connectivity index (χ0v) is 13.2. The molecule has 3 rings (SSSR count). The molecule has 5 heteroatoms. The van der Waals surface area contributed by atoms with Crippen LogP contribution in [0.1, 0.15) is 48.9 Å². The zero-order chi connectivity index (χ0) is 13.9. The van der Waals surface area contributed by atoms with E-state index in [0.717, 1.165) is 31.1 Å². The summed E-state index contributed by atoms with van der Waals surface area (Å²) in [5.74, 6) is 3.36. The molecule has 2 unspecified atom stereocenters. The fourth-order valence-electron chi connectivity index (χ4n) is 3.14. The molecule has 0 saturated carbocycles. The molecule has 2 aliphatic rings. The van der Waals surface area contributed by atoms with Crippen molar-refractivity contribution in [1.29, 1.82) is 0 Å². The lowest BCUT2D eigenvalue weighted by Gasteiger charge is -2.32. The highest BCUT2D eigenvalue weighted by Gasteiger charge is 2.26. The Labute approximate surface area is 125 Å². The number of hydrogen-bond donors (Lipinski definition) is 1. The van der Waals surface area contributed by atoms with Gasteiger partial charge in [0, 0.05) is 41.5 Å². The van der Waals surface area contributed by atoms with Gasteiger partial charge in [0.2, 0.25) is 0 Å². The lowest BCUT2D eigenvalue weighted by Crippen LogP contribution is -2.34. The summed E-state index contributed by atoms with van der Waals surface area (Å²) in [5.41, 5.74) is 2.60. The summed E-state index contributed by atoms with van der Waals surface area (Å²) in [4.78, 5) is 12.0. The summed E-state index contributed by atoms with van der Waals surface area (Å²) in [6, 6.07) is 0.842. The quantitative estimate of drug-likeness (QED) is 0.925. The zero-order valence-electron chi connectivity index (χ0n) is 12.4. The first-order valence-corrected chi connectivity index (χ1v) is 8.82. The van der Waals surface area contributed by atoms with Crippen LogP contribution in [-0.2, 0) is 6.42 Å². The van der Waals surface area contributed by atoms with Gasteiger partial charge >= 0.3 is 0 Å². The van der Waals surface area contributed by atoms with E-state index in [2.05, 4.69) is 30.4 Å². The minimum absolute atomic E-state index is 0.388. The van der Waals surface area contributed by atoms with Crippen LogP contribution in [0.4, 0.5) is 0 Å². The van der Waals surface area contributed by atoms with Crippen LogP contribution in [0, 0.1) is 0 Å². The first kappa shape index (κ1) is 14.3. The number of rotatable bonds is 3. The number of fused-ring (bicyclic) bond motifs is 1. The van der Waals surface area contributed by atoms with Gasteiger partial charge in [-0.25, -0.2) is 9.97 Å². The maximum atomic E-state index is 4.91. The molecule has 1 fully saturated rings. The number of thioether (sulfide) groups is 1. The van der Waals surface area contributed by atoms with E-state index >= 15 is 0 Å². The molecule has 1 aromatic heterocycles. The standard InChI is InChI=1S/C15H24N4S/c1-3-16-12-5-4-6-13-11(12)9-17-15(18-13)14-10-20-8-7-19(14)2/h9,12,14,16H,3-8,10H2,1-2H3. The number of aromatic nitrogens is 2. The van der Waals surface area contributed by atoms with Crippen molar-refractivity contribution in [3.05, 3.63) is 23.3 Å². The highest BCUT2D eigenvalue weighted by molar-refractivity contribution is 7.99. The van der Waals surface area contributed by atoms with Crippen molar-refractivity contribution in [3.8, 4) is 0 Å². The van der Waals surface area contributed by atoms with Crippen LogP contribution in [0.25, 0.3) is 0 Å². The predicted octanol–water partition coefficient (Wildman–Crippen LogP) is 2.18. The van der Waals surface area contributed by atoms with Crippen LogP contribution < -0.4 is 5.32 Å². The molecular weight excluding hydrogens is 268 g/mol. The summed E-state index contributed by atoms with van der Waals surface area (Å²) in [5, 5.41) is 3.55. The minimum atomic E-state index is 0.388. The Kier molecular flexibility index (Phi) is 4.58. The van der Waals surface area contributed by atoms with Crippen LogP contribution in [0.2, 0.25) is 0 Å². The van der Waals surface area contributed by atoms with E-state index in [9.17, 15) is 0 Å². The Morgan fingerprint density at radius 2 is 2.40 bits per heavy atom. The molecule has 1 saturated heterocycles. The molecule has 20 heavy (non-hydrogen) atoms. The SMILES string of the molecule is CCNC1CCCc2nc(C3CSCCN3C)ncc21. The summed E-state index contributed by atoms with van der Waals surface area (Å²) in [6.07, 6.45) is 5.63. The average Bonchev–Trinajstić information content (AvgIpc) is 2.48. The summed E-state index contributed by atoms with van der Waals surface area (Å²) in [6.45, 7) is 4.31. The maximum Gasteiger partial charge on any atom is 0.146 e. The highest BCUT2D eigenvalue weighted by Crippen LogP contribution is 2.31. The van der Waals surface area contributed by atoms with Gasteiger partial charge in [0.15, 0.2) is 0 Å². The Morgan fingerprint density at radius 1 is 1.50 bits per heavy atom. The molecule has 1 aromatic rings. The Bertz CT molecular complexity index is 465. The predicted molar refractivity (Wildman–Crippen MR) is 84.1 cm³/mol. The number of hydrogen-bond acceptors (Lipinski definition) is 5. The molecule has 1 aliphatic heterocycles. The van der Waals surface area contributed by atoms with Crippen LogP contribution in [0.15, 0.2) is 6.20 Å². The van der Waals surface area contributed by atoms with E-state index in [0.29, 0.717) is 12.1 Å². The Morgan fingerprint density at radius 3 is 3.20 bits per heavy atom. The first-order chi connectivity index (χ1) is 9.79.